The van der Waals surface area contributed by atoms with Crippen molar-refractivity contribution in [1.29, 1.82) is 0 Å². The van der Waals surface area contributed by atoms with Gasteiger partial charge >= 0.3 is 5.91 Å². The number of aromatic amines is 1. The smallest absolute Gasteiger partial charge is 0.304 e. The lowest BCUT2D eigenvalue weighted by Gasteiger charge is -2.21. The number of ketones is 2. The maximum absolute atomic E-state index is 13.5. The number of amides is 1. The van der Waals surface area contributed by atoms with E-state index in [9.17, 15) is 19.5 Å². The SMILES string of the molecule is O=C1C(=O)N(c2ccccc2O)C(c2c[nH]c3ccccc23)=C1C(=O)c1ccc(Br)cc1. The van der Waals surface area contributed by atoms with Crippen molar-refractivity contribution in [3.63, 3.8) is 0 Å². The Kier molecular flexibility index (Phi) is 4.75. The molecule has 1 amide bonds. The number of para-hydroxylation sites is 3. The van der Waals surface area contributed by atoms with E-state index < -0.39 is 17.5 Å². The van der Waals surface area contributed by atoms with Crippen LogP contribution in [0.15, 0.2) is 89.0 Å². The Morgan fingerprint density at radius 3 is 2.34 bits per heavy atom. The highest BCUT2D eigenvalue weighted by atomic mass is 79.9. The second-order valence-electron chi connectivity index (χ2n) is 7.27. The monoisotopic (exact) mass is 486 g/mol. The van der Waals surface area contributed by atoms with Crippen LogP contribution in [-0.4, -0.2) is 27.6 Å². The lowest BCUT2D eigenvalue weighted by Crippen LogP contribution is -2.28. The van der Waals surface area contributed by atoms with Crippen LogP contribution in [0.25, 0.3) is 16.6 Å². The normalized spacial score (nSPS) is 14.0. The Morgan fingerprint density at radius 2 is 1.59 bits per heavy atom. The first-order chi connectivity index (χ1) is 15.5. The van der Waals surface area contributed by atoms with E-state index in [1.54, 1.807) is 42.6 Å². The van der Waals surface area contributed by atoms with Crippen LogP contribution in [0.4, 0.5) is 5.69 Å². The molecule has 0 atom stereocenters. The molecule has 0 fully saturated rings. The number of phenolic OH excluding ortho intramolecular Hbond substituents is 1. The number of H-pyrrole nitrogens is 1. The van der Waals surface area contributed by atoms with Gasteiger partial charge in [-0.05, 0) is 42.5 Å². The fourth-order valence-electron chi connectivity index (χ4n) is 3.89. The molecule has 0 radical (unpaired) electrons. The highest BCUT2D eigenvalue weighted by Gasteiger charge is 2.44. The number of nitrogens with one attached hydrogen (secondary N) is 1. The van der Waals surface area contributed by atoms with Crippen LogP contribution in [0.3, 0.4) is 0 Å². The Morgan fingerprint density at radius 1 is 0.906 bits per heavy atom. The molecule has 1 aromatic heterocycles. The Hall–Kier alpha value is -3.97. The van der Waals surface area contributed by atoms with Gasteiger partial charge in [0.05, 0.1) is 11.4 Å². The van der Waals surface area contributed by atoms with Crippen LogP contribution < -0.4 is 4.90 Å². The molecular weight excluding hydrogens is 472 g/mol. The summed E-state index contributed by atoms with van der Waals surface area (Å²) in [5.41, 5.74) is 1.63. The van der Waals surface area contributed by atoms with Crippen LogP contribution in [-0.2, 0) is 9.59 Å². The third kappa shape index (κ3) is 3.06. The maximum Gasteiger partial charge on any atom is 0.304 e. The number of nitrogens with zero attached hydrogens (tertiary/aromatic N) is 1. The number of rotatable bonds is 4. The molecule has 1 aliphatic rings. The topological polar surface area (TPSA) is 90.5 Å². The van der Waals surface area contributed by atoms with Gasteiger partial charge in [-0.15, -0.1) is 0 Å². The number of halogens is 1. The summed E-state index contributed by atoms with van der Waals surface area (Å²) < 4.78 is 0.782. The van der Waals surface area contributed by atoms with E-state index in [1.165, 1.54) is 12.1 Å². The number of aromatic nitrogens is 1. The number of hydrogen-bond donors (Lipinski definition) is 2. The molecule has 156 valence electrons. The van der Waals surface area contributed by atoms with Crippen molar-refractivity contribution in [2.24, 2.45) is 0 Å². The van der Waals surface area contributed by atoms with Gasteiger partial charge in [0.15, 0.2) is 5.78 Å². The largest absolute Gasteiger partial charge is 0.506 e. The van der Waals surface area contributed by atoms with E-state index in [2.05, 4.69) is 20.9 Å². The summed E-state index contributed by atoms with van der Waals surface area (Å²) in [6.07, 6.45) is 1.66. The average molecular weight is 487 g/mol. The Labute approximate surface area is 190 Å². The van der Waals surface area contributed by atoms with Crippen LogP contribution in [0.5, 0.6) is 5.75 Å². The van der Waals surface area contributed by atoms with Gasteiger partial charge in [-0.3, -0.25) is 19.3 Å². The van der Waals surface area contributed by atoms with Crippen molar-refractivity contribution < 1.29 is 19.5 Å². The lowest BCUT2D eigenvalue weighted by molar-refractivity contribution is -0.132. The third-order valence-corrected chi connectivity index (χ3v) is 5.91. The number of carbonyl (C=O) groups excluding carboxylic acids is 3. The van der Waals surface area contributed by atoms with E-state index in [0.717, 1.165) is 20.3 Å². The molecule has 32 heavy (non-hydrogen) atoms. The van der Waals surface area contributed by atoms with Gasteiger partial charge < -0.3 is 10.1 Å². The molecule has 0 bridgehead atoms. The van der Waals surface area contributed by atoms with Crippen molar-refractivity contribution in [2.45, 2.75) is 0 Å². The van der Waals surface area contributed by atoms with Crippen molar-refractivity contribution in [3.05, 3.63) is 100 Å². The molecule has 2 N–H and O–H groups in total. The molecule has 0 spiro atoms. The number of fused-ring (bicyclic) bond motifs is 1. The van der Waals surface area contributed by atoms with E-state index >= 15 is 0 Å². The van der Waals surface area contributed by atoms with E-state index in [0.29, 0.717) is 5.56 Å². The van der Waals surface area contributed by atoms with Crippen LogP contribution >= 0.6 is 15.9 Å². The molecule has 4 aromatic rings. The number of aromatic hydroxyl groups is 1. The minimum absolute atomic E-state index is 0.129. The van der Waals surface area contributed by atoms with Gasteiger partial charge in [-0.1, -0.05) is 46.3 Å². The first-order valence-corrected chi connectivity index (χ1v) is 10.5. The molecule has 6 nitrogen and oxygen atoms in total. The predicted molar refractivity (Wildman–Crippen MR) is 124 cm³/mol. The summed E-state index contributed by atoms with van der Waals surface area (Å²) in [6.45, 7) is 0. The molecule has 0 saturated carbocycles. The zero-order chi connectivity index (χ0) is 22.4. The number of benzene rings is 3. The molecule has 0 unspecified atom stereocenters. The van der Waals surface area contributed by atoms with Gasteiger partial charge in [0.1, 0.15) is 11.3 Å². The van der Waals surface area contributed by atoms with Gasteiger partial charge in [-0.2, -0.15) is 0 Å². The fourth-order valence-corrected chi connectivity index (χ4v) is 4.16. The molecule has 3 aromatic carbocycles. The summed E-state index contributed by atoms with van der Waals surface area (Å²) in [5.74, 6) is -2.55. The number of Topliss-reactive ketones (excluding diaryl/α,β-unsaturated/α-hetero) is 2. The second-order valence-corrected chi connectivity index (χ2v) is 8.18. The maximum atomic E-state index is 13.5. The summed E-state index contributed by atoms with van der Waals surface area (Å²) in [7, 11) is 0. The van der Waals surface area contributed by atoms with Crippen LogP contribution in [0.1, 0.15) is 15.9 Å². The first-order valence-electron chi connectivity index (χ1n) is 9.75. The van der Waals surface area contributed by atoms with Gasteiger partial charge in [0, 0.05) is 32.7 Å². The highest BCUT2D eigenvalue weighted by Crippen LogP contribution is 2.42. The first kappa shape index (κ1) is 20.0. The van der Waals surface area contributed by atoms with Crippen molar-refractivity contribution in [3.8, 4) is 5.75 Å². The third-order valence-electron chi connectivity index (χ3n) is 5.39. The van der Waals surface area contributed by atoms with E-state index in [1.807, 2.05) is 24.3 Å². The summed E-state index contributed by atoms with van der Waals surface area (Å²) in [6, 6.07) is 20.2. The van der Waals surface area contributed by atoms with Crippen molar-refractivity contribution in [1.82, 2.24) is 4.98 Å². The Balaban J connectivity index is 1.81. The molecule has 0 aliphatic carbocycles. The quantitative estimate of drug-likeness (QED) is 0.245. The van der Waals surface area contributed by atoms with Gasteiger partial charge in [0.2, 0.25) is 0 Å². The van der Waals surface area contributed by atoms with Gasteiger partial charge in [-0.25, -0.2) is 0 Å². The van der Waals surface area contributed by atoms with Crippen molar-refractivity contribution in [2.75, 3.05) is 4.90 Å². The zero-order valence-corrected chi connectivity index (χ0v) is 18.1. The van der Waals surface area contributed by atoms with Crippen LogP contribution in [0.2, 0.25) is 0 Å². The van der Waals surface area contributed by atoms with E-state index in [4.69, 9.17) is 0 Å². The minimum atomic E-state index is -0.915. The number of phenols is 1. The summed E-state index contributed by atoms with van der Waals surface area (Å²) >= 11 is 3.33. The number of anilines is 1. The molecular formula is C25H15BrN2O4. The number of hydrogen-bond acceptors (Lipinski definition) is 4. The standard InChI is InChI=1S/C25H15BrN2O4/c26-15-11-9-14(10-12-15)23(30)21-22(17-13-27-18-6-2-1-5-16(17)18)28(25(32)24(21)31)19-7-3-4-8-20(19)29/h1-13,27,29H. The molecule has 7 heteroatoms. The fraction of sp³-hybridized carbons (Fsp3) is 0. The minimum Gasteiger partial charge on any atom is -0.506 e. The highest BCUT2D eigenvalue weighted by molar-refractivity contribution is 9.10. The Bertz CT molecular complexity index is 1450. The molecule has 2 heterocycles. The predicted octanol–water partition coefficient (Wildman–Crippen LogP) is 4.85. The lowest BCUT2D eigenvalue weighted by atomic mass is 9.97. The van der Waals surface area contributed by atoms with Crippen molar-refractivity contribution >= 4 is 55.7 Å². The van der Waals surface area contributed by atoms with Crippen LogP contribution in [0, 0.1) is 0 Å². The zero-order valence-electron chi connectivity index (χ0n) is 16.5. The summed E-state index contributed by atoms with van der Waals surface area (Å²) in [5, 5.41) is 11.2. The second kappa shape index (κ2) is 7.62. The number of carbonyl (C=O) groups is 3. The molecule has 5 rings (SSSR count). The summed E-state index contributed by atoms with van der Waals surface area (Å²) in [4.78, 5) is 44.0. The van der Waals surface area contributed by atoms with E-state index in [-0.39, 0.29) is 28.3 Å². The van der Waals surface area contributed by atoms with Gasteiger partial charge in [0.25, 0.3) is 5.78 Å². The molecule has 0 saturated heterocycles. The molecule has 1 aliphatic heterocycles. The average Bonchev–Trinajstić information content (AvgIpc) is 3.33.